The fourth-order valence-electron chi connectivity index (χ4n) is 3.51. The average molecular weight is 444 g/mol. The molecule has 136 valence electrons. The number of thiophene rings is 1. The standard InChI is InChI=1S/C19H14BrN3O3S/c20-10-5-6-14-12(7-10)17(25)19(26)23(14)9-16(24)22-18-13(8-21)11-3-1-2-4-15(11)27-18/h5-7H,1-4,9H2,(H,22,24). The van der Waals surface area contributed by atoms with Crippen molar-refractivity contribution in [3.8, 4) is 6.07 Å². The third-order valence-corrected chi connectivity index (χ3v) is 6.47. The van der Waals surface area contributed by atoms with Crippen LogP contribution in [0.4, 0.5) is 10.7 Å². The van der Waals surface area contributed by atoms with Crippen molar-refractivity contribution < 1.29 is 14.4 Å². The number of rotatable bonds is 3. The summed E-state index contributed by atoms with van der Waals surface area (Å²) in [5, 5.41) is 12.8. The molecule has 2 heterocycles. The lowest BCUT2D eigenvalue weighted by Gasteiger charge is -2.15. The second-order valence-electron chi connectivity index (χ2n) is 6.46. The average Bonchev–Trinajstić information content (AvgIpc) is 3.11. The Bertz CT molecular complexity index is 1040. The van der Waals surface area contributed by atoms with Crippen LogP contribution in [0.3, 0.4) is 0 Å². The SMILES string of the molecule is N#Cc1c(NC(=O)CN2C(=O)C(=O)c3cc(Br)ccc32)sc2c1CCCC2. The second kappa shape index (κ2) is 6.91. The van der Waals surface area contributed by atoms with E-state index in [1.807, 2.05) is 0 Å². The number of carbonyl (C=O) groups is 3. The number of hydrogen-bond acceptors (Lipinski definition) is 5. The quantitative estimate of drug-likeness (QED) is 0.735. The molecule has 1 N–H and O–H groups in total. The van der Waals surface area contributed by atoms with Gasteiger partial charge in [-0.15, -0.1) is 11.3 Å². The fraction of sp³-hybridized carbons (Fsp3) is 0.263. The maximum Gasteiger partial charge on any atom is 0.299 e. The smallest absolute Gasteiger partial charge is 0.299 e. The number of Topliss-reactive ketones (excluding diaryl/α,β-unsaturated/α-hetero) is 1. The highest BCUT2D eigenvalue weighted by atomic mass is 79.9. The van der Waals surface area contributed by atoms with E-state index in [9.17, 15) is 19.6 Å². The zero-order valence-electron chi connectivity index (χ0n) is 14.2. The molecular weight excluding hydrogens is 430 g/mol. The number of halogens is 1. The van der Waals surface area contributed by atoms with E-state index in [0.717, 1.165) is 36.1 Å². The lowest BCUT2D eigenvalue weighted by molar-refractivity contribution is -0.118. The first-order valence-corrected chi connectivity index (χ1v) is 10.1. The summed E-state index contributed by atoms with van der Waals surface area (Å²) < 4.78 is 0.691. The van der Waals surface area contributed by atoms with Gasteiger partial charge in [0.1, 0.15) is 17.6 Å². The number of nitrogens with zero attached hydrogens (tertiary/aromatic N) is 2. The number of carbonyl (C=O) groups excluding carboxylic acids is 3. The summed E-state index contributed by atoms with van der Waals surface area (Å²) in [6.45, 7) is -0.271. The number of aryl methyl sites for hydroxylation is 1. The van der Waals surface area contributed by atoms with E-state index in [2.05, 4.69) is 27.3 Å². The summed E-state index contributed by atoms with van der Waals surface area (Å²) in [5.41, 5.74) is 2.27. The molecule has 0 bridgehead atoms. The topological polar surface area (TPSA) is 90.3 Å². The second-order valence-corrected chi connectivity index (χ2v) is 8.48. The maximum absolute atomic E-state index is 12.6. The molecule has 0 saturated carbocycles. The molecule has 6 nitrogen and oxygen atoms in total. The number of benzene rings is 1. The van der Waals surface area contributed by atoms with Crippen LogP contribution in [0.5, 0.6) is 0 Å². The number of fused-ring (bicyclic) bond motifs is 2. The van der Waals surface area contributed by atoms with Gasteiger partial charge in [0.15, 0.2) is 0 Å². The fourth-order valence-corrected chi connectivity index (χ4v) is 5.13. The van der Waals surface area contributed by atoms with Gasteiger partial charge < -0.3 is 5.32 Å². The minimum absolute atomic E-state index is 0.271. The van der Waals surface area contributed by atoms with Gasteiger partial charge in [0.05, 0.1) is 16.8 Å². The minimum atomic E-state index is -0.718. The van der Waals surface area contributed by atoms with Crippen molar-refractivity contribution in [1.29, 1.82) is 5.26 Å². The molecule has 1 aromatic carbocycles. The predicted molar refractivity (Wildman–Crippen MR) is 105 cm³/mol. The Morgan fingerprint density at radius 1 is 1.30 bits per heavy atom. The molecule has 0 atom stereocenters. The number of nitrogens with one attached hydrogen (secondary N) is 1. The highest BCUT2D eigenvalue weighted by molar-refractivity contribution is 9.10. The van der Waals surface area contributed by atoms with Crippen molar-refractivity contribution in [3.63, 3.8) is 0 Å². The molecular formula is C19H14BrN3O3S. The third kappa shape index (κ3) is 3.07. The molecule has 0 fully saturated rings. The monoisotopic (exact) mass is 443 g/mol. The minimum Gasteiger partial charge on any atom is -0.315 e. The molecule has 27 heavy (non-hydrogen) atoms. The van der Waals surface area contributed by atoms with Crippen LogP contribution in [0.2, 0.25) is 0 Å². The van der Waals surface area contributed by atoms with Gasteiger partial charge in [-0.2, -0.15) is 5.26 Å². The molecule has 2 aromatic rings. The van der Waals surface area contributed by atoms with Gasteiger partial charge in [0.2, 0.25) is 5.91 Å². The first-order chi connectivity index (χ1) is 13.0. The lowest BCUT2D eigenvalue weighted by Crippen LogP contribution is -2.37. The molecule has 1 aromatic heterocycles. The van der Waals surface area contributed by atoms with Gasteiger partial charge in [-0.25, -0.2) is 0 Å². The van der Waals surface area contributed by atoms with Crippen molar-refractivity contribution in [2.75, 3.05) is 16.8 Å². The van der Waals surface area contributed by atoms with E-state index < -0.39 is 17.6 Å². The van der Waals surface area contributed by atoms with Crippen LogP contribution in [-0.4, -0.2) is 24.1 Å². The zero-order valence-corrected chi connectivity index (χ0v) is 16.6. The largest absolute Gasteiger partial charge is 0.315 e. The molecule has 0 spiro atoms. The van der Waals surface area contributed by atoms with Crippen LogP contribution < -0.4 is 10.2 Å². The van der Waals surface area contributed by atoms with Gasteiger partial charge in [0, 0.05) is 9.35 Å². The molecule has 0 saturated heterocycles. The molecule has 1 aliphatic carbocycles. The van der Waals surface area contributed by atoms with E-state index in [0.29, 0.717) is 20.7 Å². The third-order valence-electron chi connectivity index (χ3n) is 4.77. The van der Waals surface area contributed by atoms with E-state index in [-0.39, 0.29) is 12.1 Å². The van der Waals surface area contributed by atoms with Crippen molar-refractivity contribution in [2.45, 2.75) is 25.7 Å². The Morgan fingerprint density at radius 2 is 2.07 bits per heavy atom. The van der Waals surface area contributed by atoms with Crippen LogP contribution in [0, 0.1) is 11.3 Å². The van der Waals surface area contributed by atoms with Crippen LogP contribution in [0.1, 0.15) is 39.2 Å². The van der Waals surface area contributed by atoms with Gasteiger partial charge in [-0.05, 0) is 49.4 Å². The number of nitriles is 1. The Morgan fingerprint density at radius 3 is 2.85 bits per heavy atom. The summed E-state index contributed by atoms with van der Waals surface area (Å²) in [5.74, 6) is -1.77. The molecule has 4 rings (SSSR count). The van der Waals surface area contributed by atoms with Gasteiger partial charge >= 0.3 is 0 Å². The van der Waals surface area contributed by atoms with Gasteiger partial charge in [0.25, 0.3) is 11.7 Å². The van der Waals surface area contributed by atoms with E-state index >= 15 is 0 Å². The van der Waals surface area contributed by atoms with Crippen LogP contribution in [0.15, 0.2) is 22.7 Å². The molecule has 2 aliphatic rings. The summed E-state index contributed by atoms with van der Waals surface area (Å²) in [6, 6.07) is 7.13. The number of hydrogen-bond donors (Lipinski definition) is 1. The first-order valence-electron chi connectivity index (χ1n) is 8.50. The molecule has 2 amide bonds. The van der Waals surface area contributed by atoms with Crippen molar-refractivity contribution in [2.24, 2.45) is 0 Å². The maximum atomic E-state index is 12.6. The first kappa shape index (κ1) is 17.9. The summed E-state index contributed by atoms with van der Waals surface area (Å²) in [7, 11) is 0. The normalized spacial score (nSPS) is 15.3. The van der Waals surface area contributed by atoms with Crippen LogP contribution in [0.25, 0.3) is 0 Å². The summed E-state index contributed by atoms with van der Waals surface area (Å²) in [6.07, 6.45) is 3.91. The summed E-state index contributed by atoms with van der Waals surface area (Å²) >= 11 is 4.71. The highest BCUT2D eigenvalue weighted by Gasteiger charge is 2.37. The highest BCUT2D eigenvalue weighted by Crippen LogP contribution is 2.38. The van der Waals surface area contributed by atoms with Crippen molar-refractivity contribution >= 4 is 55.6 Å². The van der Waals surface area contributed by atoms with E-state index in [1.54, 1.807) is 18.2 Å². The number of ketones is 1. The Kier molecular flexibility index (Phi) is 4.58. The van der Waals surface area contributed by atoms with Crippen LogP contribution >= 0.6 is 27.3 Å². The van der Waals surface area contributed by atoms with Crippen molar-refractivity contribution in [1.82, 2.24) is 0 Å². The Hall–Kier alpha value is -2.50. The zero-order chi connectivity index (χ0) is 19.1. The van der Waals surface area contributed by atoms with Gasteiger partial charge in [-0.3, -0.25) is 19.3 Å². The van der Waals surface area contributed by atoms with E-state index in [1.165, 1.54) is 16.2 Å². The van der Waals surface area contributed by atoms with Crippen LogP contribution in [-0.2, 0) is 22.4 Å². The molecule has 0 unspecified atom stereocenters. The summed E-state index contributed by atoms with van der Waals surface area (Å²) in [4.78, 5) is 39.3. The molecule has 1 aliphatic heterocycles. The van der Waals surface area contributed by atoms with Crippen molar-refractivity contribution in [3.05, 3.63) is 44.2 Å². The predicted octanol–water partition coefficient (Wildman–Crippen LogP) is 3.43. The Labute approximate surface area is 167 Å². The number of anilines is 2. The van der Waals surface area contributed by atoms with E-state index in [4.69, 9.17) is 0 Å². The molecule has 0 radical (unpaired) electrons. The molecule has 8 heteroatoms. The van der Waals surface area contributed by atoms with Gasteiger partial charge in [-0.1, -0.05) is 15.9 Å². The Balaban J connectivity index is 1.56. The lowest BCUT2D eigenvalue weighted by atomic mass is 9.96. The number of amides is 2.